The number of para-hydroxylation sites is 1. The van der Waals surface area contributed by atoms with Crippen LogP contribution in [-0.2, 0) is 13.0 Å². The van der Waals surface area contributed by atoms with Gasteiger partial charge in [-0.2, -0.15) is 0 Å². The Morgan fingerprint density at radius 3 is 2.90 bits per heavy atom. The lowest BCUT2D eigenvalue weighted by Gasteiger charge is -2.05. The maximum absolute atomic E-state index is 6.03. The van der Waals surface area contributed by atoms with Crippen LogP contribution in [0.3, 0.4) is 0 Å². The number of benzene rings is 1. The van der Waals surface area contributed by atoms with E-state index in [4.69, 9.17) is 14.9 Å². The first-order valence-corrected chi connectivity index (χ1v) is 7.04. The van der Waals surface area contributed by atoms with E-state index in [1.54, 1.807) is 6.20 Å². The minimum atomic E-state index is 0.424. The molecule has 2 heterocycles. The van der Waals surface area contributed by atoms with Crippen molar-refractivity contribution in [3.63, 3.8) is 0 Å². The average molecular weight is 286 g/mol. The first kappa shape index (κ1) is 13.5. The van der Waals surface area contributed by atoms with Crippen molar-refractivity contribution in [2.45, 2.75) is 26.8 Å². The quantitative estimate of drug-likeness (QED) is 0.780. The molecule has 1 aromatic carbocycles. The summed E-state index contributed by atoms with van der Waals surface area (Å²) in [4.78, 5) is 8.67. The predicted octanol–water partition coefficient (Wildman–Crippen LogP) is 2.62. The Hall–Kier alpha value is -2.50. The van der Waals surface area contributed by atoms with Crippen LogP contribution in [-0.4, -0.2) is 21.1 Å². The smallest absolute Gasteiger partial charge is 0.214 e. The predicted molar refractivity (Wildman–Crippen MR) is 80.3 cm³/mol. The van der Waals surface area contributed by atoms with E-state index in [1.165, 1.54) is 0 Å². The number of imidazole rings is 1. The van der Waals surface area contributed by atoms with Gasteiger partial charge in [0.1, 0.15) is 23.6 Å². The van der Waals surface area contributed by atoms with Crippen LogP contribution >= 0.6 is 0 Å². The van der Waals surface area contributed by atoms with Gasteiger partial charge in [-0.3, -0.25) is 0 Å². The van der Waals surface area contributed by atoms with Gasteiger partial charge >= 0.3 is 0 Å². The lowest BCUT2D eigenvalue weighted by Crippen LogP contribution is -2.04. The summed E-state index contributed by atoms with van der Waals surface area (Å²) in [5, 5.41) is 0. The Kier molecular flexibility index (Phi) is 3.51. The zero-order chi connectivity index (χ0) is 14.8. The summed E-state index contributed by atoms with van der Waals surface area (Å²) in [6.45, 7) is 5.02. The highest BCUT2D eigenvalue weighted by Gasteiger charge is 2.14. The number of oxazole rings is 1. The Labute approximate surface area is 122 Å². The molecule has 0 spiro atoms. The molecule has 0 fully saturated rings. The molecule has 0 amide bonds. The second kappa shape index (κ2) is 5.47. The minimum Gasteiger partial charge on any atom is -0.492 e. The van der Waals surface area contributed by atoms with Crippen molar-refractivity contribution in [3.8, 4) is 5.75 Å². The molecular weight excluding hydrogens is 268 g/mol. The standard InChI is InChI=1S/C15H18N4O2/c1-3-10-8-17-13(21-10)9-19-11-6-5-7-12(20-4-2)14(11)18-15(19)16/h5-8H,3-4,9H2,1-2H3,(H2,16,18). The maximum atomic E-state index is 6.03. The molecule has 0 saturated heterocycles. The molecule has 110 valence electrons. The fourth-order valence-corrected chi connectivity index (χ4v) is 2.30. The number of ether oxygens (including phenoxy) is 1. The zero-order valence-corrected chi connectivity index (χ0v) is 12.2. The van der Waals surface area contributed by atoms with E-state index in [1.807, 2.05) is 36.6 Å². The molecule has 6 heteroatoms. The highest BCUT2D eigenvalue weighted by atomic mass is 16.5. The first-order chi connectivity index (χ1) is 10.2. The maximum Gasteiger partial charge on any atom is 0.214 e. The summed E-state index contributed by atoms with van der Waals surface area (Å²) in [6.07, 6.45) is 2.57. The third-order valence-corrected chi connectivity index (χ3v) is 3.31. The van der Waals surface area contributed by atoms with E-state index in [0.717, 1.165) is 29.0 Å². The number of nitrogen functional groups attached to an aromatic ring is 1. The van der Waals surface area contributed by atoms with Crippen LogP contribution in [0.1, 0.15) is 25.5 Å². The van der Waals surface area contributed by atoms with Crippen LogP contribution in [0.15, 0.2) is 28.8 Å². The Balaban J connectivity index is 2.01. The Morgan fingerprint density at radius 2 is 2.19 bits per heavy atom. The van der Waals surface area contributed by atoms with E-state index in [9.17, 15) is 0 Å². The van der Waals surface area contributed by atoms with Crippen molar-refractivity contribution >= 4 is 17.0 Å². The number of rotatable bonds is 5. The highest BCUT2D eigenvalue weighted by Crippen LogP contribution is 2.27. The van der Waals surface area contributed by atoms with Gasteiger partial charge in [-0.1, -0.05) is 13.0 Å². The number of fused-ring (bicyclic) bond motifs is 1. The summed E-state index contributed by atoms with van der Waals surface area (Å²) >= 11 is 0. The van der Waals surface area contributed by atoms with Crippen molar-refractivity contribution in [1.82, 2.24) is 14.5 Å². The van der Waals surface area contributed by atoms with Gasteiger partial charge in [0.15, 0.2) is 0 Å². The van der Waals surface area contributed by atoms with Crippen molar-refractivity contribution in [1.29, 1.82) is 0 Å². The van der Waals surface area contributed by atoms with E-state index < -0.39 is 0 Å². The fraction of sp³-hybridized carbons (Fsp3) is 0.333. The topological polar surface area (TPSA) is 79.1 Å². The third kappa shape index (κ3) is 2.44. The van der Waals surface area contributed by atoms with Crippen LogP contribution in [0.4, 0.5) is 5.95 Å². The monoisotopic (exact) mass is 286 g/mol. The molecule has 0 aliphatic rings. The minimum absolute atomic E-state index is 0.424. The van der Waals surface area contributed by atoms with Crippen LogP contribution in [0.25, 0.3) is 11.0 Å². The molecule has 2 N–H and O–H groups in total. The average Bonchev–Trinajstić information content (AvgIpc) is 3.06. The van der Waals surface area contributed by atoms with Gasteiger partial charge in [0.25, 0.3) is 0 Å². The SMILES string of the molecule is CCOc1cccc2c1nc(N)n2Cc1ncc(CC)o1. The number of hydrogen-bond acceptors (Lipinski definition) is 5. The third-order valence-electron chi connectivity index (χ3n) is 3.31. The molecule has 2 aromatic heterocycles. The Morgan fingerprint density at radius 1 is 1.33 bits per heavy atom. The summed E-state index contributed by atoms with van der Waals surface area (Å²) in [6, 6.07) is 5.78. The highest BCUT2D eigenvalue weighted by molar-refractivity contribution is 5.84. The number of anilines is 1. The lowest BCUT2D eigenvalue weighted by molar-refractivity contribution is 0.343. The number of nitrogens with two attached hydrogens (primary N) is 1. The molecule has 0 radical (unpaired) electrons. The van der Waals surface area contributed by atoms with E-state index in [-0.39, 0.29) is 0 Å². The largest absolute Gasteiger partial charge is 0.492 e. The molecule has 3 rings (SSSR count). The second-order valence-electron chi connectivity index (χ2n) is 4.69. The van der Waals surface area contributed by atoms with Gasteiger partial charge in [0.2, 0.25) is 11.8 Å². The normalized spacial score (nSPS) is 11.1. The molecule has 0 saturated carbocycles. The van der Waals surface area contributed by atoms with Gasteiger partial charge in [-0.25, -0.2) is 9.97 Å². The van der Waals surface area contributed by atoms with Gasteiger partial charge < -0.3 is 19.5 Å². The van der Waals surface area contributed by atoms with E-state index in [0.29, 0.717) is 25.0 Å². The van der Waals surface area contributed by atoms with Crippen LogP contribution < -0.4 is 10.5 Å². The molecule has 0 bridgehead atoms. The summed E-state index contributed by atoms with van der Waals surface area (Å²) in [5.74, 6) is 2.65. The van der Waals surface area contributed by atoms with Crippen LogP contribution in [0.5, 0.6) is 5.75 Å². The van der Waals surface area contributed by atoms with Crippen molar-refractivity contribution in [2.75, 3.05) is 12.3 Å². The van der Waals surface area contributed by atoms with Gasteiger partial charge in [0, 0.05) is 6.42 Å². The zero-order valence-electron chi connectivity index (χ0n) is 12.2. The second-order valence-corrected chi connectivity index (χ2v) is 4.69. The fourth-order valence-electron chi connectivity index (χ4n) is 2.30. The molecule has 3 aromatic rings. The molecule has 21 heavy (non-hydrogen) atoms. The first-order valence-electron chi connectivity index (χ1n) is 7.04. The van der Waals surface area contributed by atoms with Crippen molar-refractivity contribution < 1.29 is 9.15 Å². The Bertz CT molecular complexity index is 760. The number of hydrogen-bond donors (Lipinski definition) is 1. The van der Waals surface area contributed by atoms with Crippen molar-refractivity contribution in [2.24, 2.45) is 0 Å². The molecule has 6 nitrogen and oxygen atoms in total. The number of aryl methyl sites for hydroxylation is 1. The molecule has 0 aliphatic carbocycles. The van der Waals surface area contributed by atoms with Gasteiger partial charge in [-0.05, 0) is 19.1 Å². The molecule has 0 atom stereocenters. The van der Waals surface area contributed by atoms with Gasteiger partial charge in [-0.15, -0.1) is 0 Å². The summed E-state index contributed by atoms with van der Waals surface area (Å²) in [7, 11) is 0. The van der Waals surface area contributed by atoms with Crippen molar-refractivity contribution in [3.05, 3.63) is 36.0 Å². The summed E-state index contributed by atoms with van der Waals surface area (Å²) in [5.41, 5.74) is 7.71. The van der Waals surface area contributed by atoms with E-state index in [2.05, 4.69) is 9.97 Å². The lowest BCUT2D eigenvalue weighted by atomic mass is 10.3. The van der Waals surface area contributed by atoms with Crippen LogP contribution in [0, 0.1) is 0 Å². The molecule has 0 aliphatic heterocycles. The van der Waals surface area contributed by atoms with E-state index >= 15 is 0 Å². The van der Waals surface area contributed by atoms with Gasteiger partial charge in [0.05, 0.1) is 18.3 Å². The summed E-state index contributed by atoms with van der Waals surface area (Å²) < 4.78 is 13.1. The molecule has 0 unspecified atom stereocenters. The number of aromatic nitrogens is 3. The molecular formula is C15H18N4O2. The number of nitrogens with zero attached hydrogens (tertiary/aromatic N) is 3. The van der Waals surface area contributed by atoms with Crippen LogP contribution in [0.2, 0.25) is 0 Å².